The van der Waals surface area contributed by atoms with Crippen LogP contribution in [0.3, 0.4) is 0 Å². The number of nitrogens with one attached hydrogen (secondary N) is 1. The van der Waals surface area contributed by atoms with Crippen molar-refractivity contribution in [1.29, 1.82) is 5.41 Å². The Balaban J connectivity index is 2.28. The first-order chi connectivity index (χ1) is 9.08. The number of amidine groups is 1. The molecule has 5 heteroatoms. The maximum Gasteiger partial charge on any atom is 0.141 e. The summed E-state index contributed by atoms with van der Waals surface area (Å²) in [7, 11) is 0. The van der Waals surface area contributed by atoms with E-state index in [-0.39, 0.29) is 5.84 Å². The molecule has 0 saturated carbocycles. The van der Waals surface area contributed by atoms with Crippen molar-refractivity contribution in [3.8, 4) is 0 Å². The fourth-order valence-electron chi connectivity index (χ4n) is 1.83. The van der Waals surface area contributed by atoms with E-state index in [0.29, 0.717) is 11.7 Å². The SMILES string of the molecule is CC(C)N(Cc1cccs1)c1cccc(C(=N)N)n1. The van der Waals surface area contributed by atoms with E-state index in [1.165, 1.54) is 4.88 Å². The summed E-state index contributed by atoms with van der Waals surface area (Å²) in [5.41, 5.74) is 6.02. The van der Waals surface area contributed by atoms with Gasteiger partial charge in [0.15, 0.2) is 0 Å². The Labute approximate surface area is 117 Å². The second-order valence-electron chi connectivity index (χ2n) is 4.60. The number of rotatable bonds is 5. The Bertz CT molecular complexity index is 548. The summed E-state index contributed by atoms with van der Waals surface area (Å²) in [5.74, 6) is 0.859. The molecule has 0 radical (unpaired) electrons. The predicted molar refractivity (Wildman–Crippen MR) is 80.9 cm³/mol. The monoisotopic (exact) mass is 274 g/mol. The molecule has 0 saturated heterocycles. The molecule has 0 unspecified atom stereocenters. The average molecular weight is 274 g/mol. The molecular weight excluding hydrogens is 256 g/mol. The highest BCUT2D eigenvalue weighted by atomic mass is 32.1. The average Bonchev–Trinajstić information content (AvgIpc) is 2.88. The molecule has 0 fully saturated rings. The largest absolute Gasteiger partial charge is 0.382 e. The highest BCUT2D eigenvalue weighted by Crippen LogP contribution is 2.20. The van der Waals surface area contributed by atoms with Crippen LogP contribution in [0.5, 0.6) is 0 Å². The van der Waals surface area contributed by atoms with Crippen LogP contribution >= 0.6 is 11.3 Å². The van der Waals surface area contributed by atoms with E-state index in [0.717, 1.165) is 12.4 Å². The van der Waals surface area contributed by atoms with Crippen LogP contribution in [0.4, 0.5) is 5.82 Å². The number of pyridine rings is 1. The molecule has 0 aliphatic heterocycles. The third-order valence-electron chi connectivity index (χ3n) is 2.83. The van der Waals surface area contributed by atoms with Crippen LogP contribution in [0, 0.1) is 5.41 Å². The van der Waals surface area contributed by atoms with Crippen LogP contribution in [-0.4, -0.2) is 16.9 Å². The Hall–Kier alpha value is -1.88. The van der Waals surface area contributed by atoms with Gasteiger partial charge in [-0.05, 0) is 37.4 Å². The molecule has 4 nitrogen and oxygen atoms in total. The third-order valence-corrected chi connectivity index (χ3v) is 3.70. The van der Waals surface area contributed by atoms with Crippen molar-refractivity contribution in [3.63, 3.8) is 0 Å². The molecule has 100 valence electrons. The first-order valence-corrected chi connectivity index (χ1v) is 7.06. The van der Waals surface area contributed by atoms with Crippen LogP contribution in [0.1, 0.15) is 24.4 Å². The summed E-state index contributed by atoms with van der Waals surface area (Å²) in [5, 5.41) is 9.55. The molecular formula is C14H18N4S. The van der Waals surface area contributed by atoms with Gasteiger partial charge in [0, 0.05) is 10.9 Å². The molecule has 2 rings (SSSR count). The van der Waals surface area contributed by atoms with Gasteiger partial charge in [0.1, 0.15) is 17.3 Å². The van der Waals surface area contributed by atoms with Crippen molar-refractivity contribution in [2.75, 3.05) is 4.90 Å². The van der Waals surface area contributed by atoms with Gasteiger partial charge in [-0.3, -0.25) is 5.41 Å². The van der Waals surface area contributed by atoms with Crippen LogP contribution < -0.4 is 10.6 Å². The van der Waals surface area contributed by atoms with Crippen LogP contribution in [-0.2, 0) is 6.54 Å². The number of anilines is 1. The summed E-state index contributed by atoms with van der Waals surface area (Å²) in [4.78, 5) is 7.96. The zero-order valence-electron chi connectivity index (χ0n) is 11.1. The molecule has 2 aromatic heterocycles. The molecule has 0 atom stereocenters. The predicted octanol–water partition coefficient (Wildman–Crippen LogP) is 2.84. The van der Waals surface area contributed by atoms with Gasteiger partial charge in [-0.25, -0.2) is 4.98 Å². The summed E-state index contributed by atoms with van der Waals surface area (Å²) in [6, 6.07) is 10.1. The van der Waals surface area contributed by atoms with E-state index in [2.05, 4.69) is 41.2 Å². The molecule has 0 amide bonds. The summed E-state index contributed by atoms with van der Waals surface area (Å²) in [6.45, 7) is 5.09. The first-order valence-electron chi connectivity index (χ1n) is 6.18. The lowest BCUT2D eigenvalue weighted by molar-refractivity contribution is 0.677. The molecule has 3 N–H and O–H groups in total. The molecule has 0 aromatic carbocycles. The van der Waals surface area contributed by atoms with Gasteiger partial charge < -0.3 is 10.6 Å². The highest BCUT2D eigenvalue weighted by molar-refractivity contribution is 7.09. The summed E-state index contributed by atoms with van der Waals surface area (Å²) < 4.78 is 0. The standard InChI is InChI=1S/C14H18N4S/c1-10(2)18(9-11-5-4-8-19-11)13-7-3-6-12(17-13)14(15)16/h3-8,10H,9H2,1-2H3,(H3,15,16). The van der Waals surface area contributed by atoms with E-state index in [9.17, 15) is 0 Å². The topological polar surface area (TPSA) is 66.0 Å². The van der Waals surface area contributed by atoms with E-state index < -0.39 is 0 Å². The smallest absolute Gasteiger partial charge is 0.141 e. The van der Waals surface area contributed by atoms with Gasteiger partial charge in [-0.2, -0.15) is 0 Å². The van der Waals surface area contributed by atoms with E-state index in [4.69, 9.17) is 11.1 Å². The number of nitrogen functional groups attached to an aromatic ring is 1. The molecule has 2 heterocycles. The fourth-order valence-corrected chi connectivity index (χ4v) is 2.53. The van der Waals surface area contributed by atoms with E-state index >= 15 is 0 Å². The zero-order valence-corrected chi connectivity index (χ0v) is 11.9. The Morgan fingerprint density at radius 1 is 1.37 bits per heavy atom. The molecule has 0 spiro atoms. The lowest BCUT2D eigenvalue weighted by Gasteiger charge is -2.27. The van der Waals surface area contributed by atoms with E-state index in [1.807, 2.05) is 12.1 Å². The van der Waals surface area contributed by atoms with Gasteiger partial charge in [0.25, 0.3) is 0 Å². The molecule has 19 heavy (non-hydrogen) atoms. The Morgan fingerprint density at radius 2 is 2.16 bits per heavy atom. The summed E-state index contributed by atoms with van der Waals surface area (Å²) >= 11 is 1.74. The van der Waals surface area contributed by atoms with Crippen molar-refractivity contribution >= 4 is 23.0 Å². The lowest BCUT2D eigenvalue weighted by atomic mass is 10.2. The zero-order chi connectivity index (χ0) is 13.8. The molecule has 0 bridgehead atoms. The Morgan fingerprint density at radius 3 is 2.74 bits per heavy atom. The van der Waals surface area contributed by atoms with Crippen molar-refractivity contribution in [3.05, 3.63) is 46.3 Å². The quantitative estimate of drug-likeness (QED) is 0.651. The second kappa shape index (κ2) is 5.84. The lowest BCUT2D eigenvalue weighted by Crippen LogP contribution is -2.31. The van der Waals surface area contributed by atoms with Gasteiger partial charge in [-0.1, -0.05) is 12.1 Å². The van der Waals surface area contributed by atoms with Gasteiger partial charge in [0.05, 0.1) is 6.54 Å². The minimum absolute atomic E-state index is 0.00156. The van der Waals surface area contributed by atoms with Crippen molar-refractivity contribution in [2.24, 2.45) is 5.73 Å². The van der Waals surface area contributed by atoms with Crippen molar-refractivity contribution in [2.45, 2.75) is 26.4 Å². The second-order valence-corrected chi connectivity index (χ2v) is 5.63. The minimum atomic E-state index is 0.00156. The van der Waals surface area contributed by atoms with Gasteiger partial charge in [0.2, 0.25) is 0 Å². The maximum atomic E-state index is 7.48. The van der Waals surface area contributed by atoms with Crippen LogP contribution in [0.15, 0.2) is 35.7 Å². The van der Waals surface area contributed by atoms with Gasteiger partial charge in [-0.15, -0.1) is 11.3 Å². The molecule has 0 aliphatic carbocycles. The normalized spacial score (nSPS) is 10.7. The molecule has 0 aliphatic rings. The highest BCUT2D eigenvalue weighted by Gasteiger charge is 2.14. The minimum Gasteiger partial charge on any atom is -0.382 e. The van der Waals surface area contributed by atoms with Crippen molar-refractivity contribution in [1.82, 2.24) is 4.98 Å². The number of hydrogen-bond acceptors (Lipinski definition) is 4. The number of nitrogens with zero attached hydrogens (tertiary/aromatic N) is 2. The van der Waals surface area contributed by atoms with Crippen molar-refractivity contribution < 1.29 is 0 Å². The number of aromatic nitrogens is 1. The number of thiophene rings is 1. The molecule has 2 aromatic rings. The van der Waals surface area contributed by atoms with Crippen LogP contribution in [0.25, 0.3) is 0 Å². The van der Waals surface area contributed by atoms with Crippen LogP contribution in [0.2, 0.25) is 0 Å². The fraction of sp³-hybridized carbons (Fsp3) is 0.286. The Kier molecular flexibility index (Phi) is 4.16. The first kappa shape index (κ1) is 13.5. The maximum absolute atomic E-state index is 7.48. The third kappa shape index (κ3) is 3.32. The number of hydrogen-bond donors (Lipinski definition) is 2. The summed E-state index contributed by atoms with van der Waals surface area (Å²) in [6.07, 6.45) is 0. The van der Waals surface area contributed by atoms with Gasteiger partial charge >= 0.3 is 0 Å². The van der Waals surface area contributed by atoms with E-state index in [1.54, 1.807) is 17.4 Å². The number of nitrogens with two attached hydrogens (primary N) is 1.